The lowest BCUT2D eigenvalue weighted by Crippen LogP contribution is -2.56. The Balaban J connectivity index is 1.62. The van der Waals surface area contributed by atoms with Crippen molar-refractivity contribution in [3.8, 4) is 0 Å². The third-order valence-corrected chi connectivity index (χ3v) is 4.52. The topological polar surface area (TPSA) is 74.7 Å². The summed E-state index contributed by atoms with van der Waals surface area (Å²) in [4.78, 5) is 18.4. The molecule has 1 aliphatic rings. The Kier molecular flexibility index (Phi) is 5.98. The predicted molar refractivity (Wildman–Crippen MR) is 100.0 cm³/mol. The van der Waals surface area contributed by atoms with E-state index in [1.165, 1.54) is 5.56 Å². The van der Waals surface area contributed by atoms with Crippen LogP contribution in [0.5, 0.6) is 0 Å². The second-order valence-corrected chi connectivity index (χ2v) is 6.83. The SMILES string of the molecule is Cc1cccc(C[C@]2(CO)CN(CC(=O)Nc3ccccn3)CCO2)c1. The summed E-state index contributed by atoms with van der Waals surface area (Å²) in [6.07, 6.45) is 2.26. The Morgan fingerprint density at radius 1 is 1.35 bits per heavy atom. The van der Waals surface area contributed by atoms with Crippen molar-refractivity contribution in [2.45, 2.75) is 18.9 Å². The van der Waals surface area contributed by atoms with Crippen molar-refractivity contribution < 1.29 is 14.6 Å². The number of hydrogen-bond donors (Lipinski definition) is 2. The summed E-state index contributed by atoms with van der Waals surface area (Å²) in [5, 5.41) is 12.8. The number of carbonyl (C=O) groups is 1. The molecule has 0 spiro atoms. The highest BCUT2D eigenvalue weighted by molar-refractivity contribution is 5.91. The van der Waals surface area contributed by atoms with Gasteiger partial charge in [-0.15, -0.1) is 0 Å². The van der Waals surface area contributed by atoms with Crippen molar-refractivity contribution >= 4 is 11.7 Å². The highest BCUT2D eigenvalue weighted by Crippen LogP contribution is 2.23. The zero-order valence-corrected chi connectivity index (χ0v) is 15.0. The molecule has 2 N–H and O–H groups in total. The first-order valence-electron chi connectivity index (χ1n) is 8.82. The van der Waals surface area contributed by atoms with Crippen molar-refractivity contribution in [1.82, 2.24) is 9.88 Å². The molecule has 1 fully saturated rings. The molecule has 1 amide bonds. The van der Waals surface area contributed by atoms with Gasteiger partial charge in [0.25, 0.3) is 0 Å². The van der Waals surface area contributed by atoms with E-state index in [0.29, 0.717) is 31.9 Å². The lowest BCUT2D eigenvalue weighted by Gasteiger charge is -2.41. The molecule has 138 valence electrons. The van der Waals surface area contributed by atoms with Crippen LogP contribution in [0.4, 0.5) is 5.82 Å². The molecule has 0 unspecified atom stereocenters. The number of aromatic nitrogens is 1. The molecular weight excluding hydrogens is 330 g/mol. The first kappa shape index (κ1) is 18.5. The summed E-state index contributed by atoms with van der Waals surface area (Å²) in [7, 11) is 0. The Hall–Kier alpha value is -2.28. The van der Waals surface area contributed by atoms with Gasteiger partial charge in [-0.05, 0) is 24.6 Å². The molecule has 1 atom stereocenters. The zero-order chi connectivity index (χ0) is 18.4. The first-order chi connectivity index (χ1) is 12.6. The van der Waals surface area contributed by atoms with Gasteiger partial charge in [0.1, 0.15) is 11.4 Å². The number of aliphatic hydroxyl groups is 1. The average molecular weight is 355 g/mol. The lowest BCUT2D eigenvalue weighted by molar-refractivity contribution is -0.138. The van der Waals surface area contributed by atoms with Gasteiger partial charge in [-0.1, -0.05) is 35.9 Å². The van der Waals surface area contributed by atoms with Crippen LogP contribution in [-0.2, 0) is 16.0 Å². The van der Waals surface area contributed by atoms with Gasteiger partial charge in [-0.25, -0.2) is 4.98 Å². The van der Waals surface area contributed by atoms with Crippen LogP contribution in [-0.4, -0.2) is 59.3 Å². The predicted octanol–water partition coefficient (Wildman–Crippen LogP) is 1.63. The van der Waals surface area contributed by atoms with Crippen LogP contribution in [0.1, 0.15) is 11.1 Å². The van der Waals surface area contributed by atoms with Crippen LogP contribution in [0, 0.1) is 6.92 Å². The maximum absolute atomic E-state index is 12.3. The molecule has 1 saturated heterocycles. The van der Waals surface area contributed by atoms with Gasteiger partial charge < -0.3 is 15.2 Å². The van der Waals surface area contributed by atoms with Crippen molar-refractivity contribution in [3.63, 3.8) is 0 Å². The van der Waals surface area contributed by atoms with Crippen LogP contribution < -0.4 is 5.32 Å². The van der Waals surface area contributed by atoms with Crippen LogP contribution in [0.15, 0.2) is 48.7 Å². The van der Waals surface area contributed by atoms with E-state index in [4.69, 9.17) is 4.74 Å². The highest BCUT2D eigenvalue weighted by atomic mass is 16.5. The van der Waals surface area contributed by atoms with Gasteiger partial charge in [0.05, 0.1) is 19.8 Å². The molecule has 1 aliphatic heterocycles. The zero-order valence-electron chi connectivity index (χ0n) is 15.0. The number of anilines is 1. The number of morpholine rings is 1. The number of benzene rings is 1. The largest absolute Gasteiger partial charge is 0.393 e. The fraction of sp³-hybridized carbons (Fsp3) is 0.400. The number of pyridine rings is 1. The van der Waals surface area contributed by atoms with Crippen molar-refractivity contribution in [2.24, 2.45) is 0 Å². The summed E-state index contributed by atoms with van der Waals surface area (Å²) in [5.41, 5.74) is 1.62. The second-order valence-electron chi connectivity index (χ2n) is 6.83. The number of amides is 1. The molecule has 2 heterocycles. The van der Waals surface area contributed by atoms with E-state index in [1.807, 2.05) is 36.1 Å². The first-order valence-corrected chi connectivity index (χ1v) is 8.82. The number of ether oxygens (including phenoxy) is 1. The van der Waals surface area contributed by atoms with E-state index in [-0.39, 0.29) is 19.1 Å². The number of carbonyl (C=O) groups excluding carboxylic acids is 1. The third-order valence-electron chi connectivity index (χ3n) is 4.52. The minimum Gasteiger partial charge on any atom is -0.393 e. The van der Waals surface area contributed by atoms with E-state index in [1.54, 1.807) is 18.3 Å². The van der Waals surface area contributed by atoms with Crippen LogP contribution in [0.2, 0.25) is 0 Å². The normalized spacial score (nSPS) is 20.7. The Morgan fingerprint density at radius 2 is 2.23 bits per heavy atom. The Morgan fingerprint density at radius 3 is 2.96 bits per heavy atom. The molecule has 0 saturated carbocycles. The molecule has 6 heteroatoms. The van der Waals surface area contributed by atoms with E-state index >= 15 is 0 Å². The highest BCUT2D eigenvalue weighted by Gasteiger charge is 2.37. The van der Waals surface area contributed by atoms with Gasteiger partial charge in [-0.2, -0.15) is 0 Å². The van der Waals surface area contributed by atoms with Crippen molar-refractivity contribution in [1.29, 1.82) is 0 Å². The lowest BCUT2D eigenvalue weighted by atomic mass is 9.92. The van der Waals surface area contributed by atoms with Crippen LogP contribution in [0.3, 0.4) is 0 Å². The number of aliphatic hydroxyl groups excluding tert-OH is 1. The standard InChI is InChI=1S/C20H25N3O3/c1-16-5-4-6-17(11-16)12-20(15-24)14-23(9-10-26-20)13-19(25)22-18-7-2-3-8-21-18/h2-8,11,24H,9-10,12-15H2,1H3,(H,21,22,25)/t20-/m1/s1. The Bertz CT molecular complexity index is 738. The number of aryl methyl sites for hydroxylation is 1. The van der Waals surface area contributed by atoms with E-state index < -0.39 is 5.60 Å². The summed E-state index contributed by atoms with van der Waals surface area (Å²) < 4.78 is 5.95. The van der Waals surface area contributed by atoms with Crippen molar-refractivity contribution in [3.05, 3.63) is 59.8 Å². The summed E-state index contributed by atoms with van der Waals surface area (Å²) in [6, 6.07) is 13.6. The molecule has 0 bridgehead atoms. The van der Waals surface area contributed by atoms with Crippen LogP contribution >= 0.6 is 0 Å². The number of hydrogen-bond acceptors (Lipinski definition) is 5. The summed E-state index contributed by atoms with van der Waals surface area (Å²) >= 11 is 0. The maximum atomic E-state index is 12.3. The molecule has 2 aromatic rings. The van der Waals surface area contributed by atoms with Crippen molar-refractivity contribution in [2.75, 3.05) is 38.2 Å². The number of rotatable bonds is 6. The Labute approximate surface area is 153 Å². The maximum Gasteiger partial charge on any atom is 0.239 e. The van der Waals surface area contributed by atoms with Gasteiger partial charge in [0.15, 0.2) is 0 Å². The molecule has 6 nitrogen and oxygen atoms in total. The van der Waals surface area contributed by atoms with Gasteiger partial charge in [0.2, 0.25) is 5.91 Å². The minimum absolute atomic E-state index is 0.0840. The minimum atomic E-state index is -0.683. The average Bonchev–Trinajstić information content (AvgIpc) is 2.63. The van der Waals surface area contributed by atoms with E-state index in [9.17, 15) is 9.90 Å². The van der Waals surface area contributed by atoms with Gasteiger partial charge >= 0.3 is 0 Å². The summed E-state index contributed by atoms with van der Waals surface area (Å²) in [5.74, 6) is 0.423. The number of nitrogens with one attached hydrogen (secondary N) is 1. The number of nitrogens with zero attached hydrogens (tertiary/aromatic N) is 2. The fourth-order valence-corrected chi connectivity index (χ4v) is 3.33. The van der Waals surface area contributed by atoms with Gasteiger partial charge in [0, 0.05) is 25.7 Å². The molecule has 0 aliphatic carbocycles. The molecule has 0 radical (unpaired) electrons. The quantitative estimate of drug-likeness (QED) is 0.824. The van der Waals surface area contributed by atoms with E-state index in [2.05, 4.69) is 16.4 Å². The second kappa shape index (κ2) is 8.40. The molecule has 3 rings (SSSR count). The van der Waals surface area contributed by atoms with Gasteiger partial charge in [-0.3, -0.25) is 9.69 Å². The monoisotopic (exact) mass is 355 g/mol. The molecule has 1 aromatic carbocycles. The summed E-state index contributed by atoms with van der Waals surface area (Å²) in [6.45, 7) is 3.86. The fourth-order valence-electron chi connectivity index (χ4n) is 3.33. The van der Waals surface area contributed by atoms with E-state index in [0.717, 1.165) is 5.56 Å². The van der Waals surface area contributed by atoms with Crippen LogP contribution in [0.25, 0.3) is 0 Å². The molecular formula is C20H25N3O3. The third kappa shape index (κ3) is 4.88. The smallest absolute Gasteiger partial charge is 0.239 e. The molecule has 1 aromatic heterocycles. The molecule has 26 heavy (non-hydrogen) atoms.